The molecule has 1 aliphatic heterocycles. The molecule has 1 saturated heterocycles. The molecular weight excluding hydrogens is 385 g/mol. The number of carbonyl (C=O) groups excluding carboxylic acids is 1. The zero-order chi connectivity index (χ0) is 20.1. The first-order valence-corrected chi connectivity index (χ1v) is 10.5. The van der Waals surface area contributed by atoms with Gasteiger partial charge < -0.3 is 14.4 Å². The van der Waals surface area contributed by atoms with Gasteiger partial charge in [-0.3, -0.25) is 4.79 Å². The Balaban J connectivity index is 1.47. The second-order valence-electron chi connectivity index (χ2n) is 6.88. The lowest BCUT2D eigenvalue weighted by atomic mass is 10.2. The highest BCUT2D eigenvalue weighted by Crippen LogP contribution is 2.24. The normalized spacial score (nSPS) is 16.8. The van der Waals surface area contributed by atoms with E-state index in [0.717, 1.165) is 11.3 Å². The molecular formula is C20H22FNO5S. The predicted octanol–water partition coefficient (Wildman–Crippen LogP) is 3.31. The maximum atomic E-state index is 12.8. The summed E-state index contributed by atoms with van der Waals surface area (Å²) >= 11 is 0. The monoisotopic (exact) mass is 407 g/mol. The van der Waals surface area contributed by atoms with Gasteiger partial charge in [-0.2, -0.15) is 8.42 Å². The van der Waals surface area contributed by atoms with Gasteiger partial charge in [-0.1, -0.05) is 17.7 Å². The fourth-order valence-electron chi connectivity index (χ4n) is 3.06. The summed E-state index contributed by atoms with van der Waals surface area (Å²) in [5.74, 6) is 0.744. The number of carbonyl (C=O) groups is 1. The van der Waals surface area contributed by atoms with Gasteiger partial charge in [-0.15, -0.1) is 3.89 Å². The van der Waals surface area contributed by atoms with E-state index >= 15 is 0 Å². The summed E-state index contributed by atoms with van der Waals surface area (Å²) in [6.07, 6.45) is 0.472. The fraction of sp³-hybridized carbons (Fsp3) is 0.350. The van der Waals surface area contributed by atoms with E-state index in [2.05, 4.69) is 0 Å². The molecule has 1 aliphatic rings. The van der Waals surface area contributed by atoms with Crippen LogP contribution in [0, 0.1) is 12.8 Å². The molecule has 28 heavy (non-hydrogen) atoms. The van der Waals surface area contributed by atoms with Crippen LogP contribution in [0.1, 0.15) is 12.0 Å². The smallest absolute Gasteiger partial charge is 0.302 e. The molecule has 0 bridgehead atoms. The topological polar surface area (TPSA) is 72.9 Å². The molecule has 1 unspecified atom stereocenters. The van der Waals surface area contributed by atoms with E-state index in [0.29, 0.717) is 24.5 Å². The van der Waals surface area contributed by atoms with Crippen molar-refractivity contribution in [1.29, 1.82) is 0 Å². The lowest BCUT2D eigenvalue weighted by Gasteiger charge is -2.16. The minimum absolute atomic E-state index is 0.159. The lowest BCUT2D eigenvalue weighted by Crippen LogP contribution is -2.33. The van der Waals surface area contributed by atoms with Gasteiger partial charge in [-0.25, -0.2) is 0 Å². The molecule has 6 nitrogen and oxygen atoms in total. The van der Waals surface area contributed by atoms with Crippen LogP contribution < -0.4 is 9.47 Å². The average Bonchev–Trinajstić information content (AvgIpc) is 3.09. The van der Waals surface area contributed by atoms with Crippen molar-refractivity contribution in [3.63, 3.8) is 0 Å². The number of amides is 1. The van der Waals surface area contributed by atoms with Crippen LogP contribution in [-0.4, -0.2) is 44.7 Å². The molecule has 3 rings (SSSR count). The van der Waals surface area contributed by atoms with E-state index in [9.17, 15) is 17.1 Å². The van der Waals surface area contributed by atoms with E-state index in [-0.39, 0.29) is 25.0 Å². The average molecular weight is 407 g/mol. The highest BCUT2D eigenvalue weighted by Gasteiger charge is 2.29. The second-order valence-corrected chi connectivity index (χ2v) is 8.29. The van der Waals surface area contributed by atoms with Gasteiger partial charge in [0.05, 0.1) is 5.75 Å². The zero-order valence-electron chi connectivity index (χ0n) is 15.5. The molecule has 1 fully saturated rings. The number of rotatable bonds is 7. The summed E-state index contributed by atoms with van der Waals surface area (Å²) in [4.78, 5) is 13.7. The van der Waals surface area contributed by atoms with Crippen molar-refractivity contribution in [3.05, 3.63) is 54.1 Å². The molecule has 0 spiro atoms. The number of halogens is 1. The highest BCUT2D eigenvalue weighted by molar-refractivity contribution is 7.86. The van der Waals surface area contributed by atoms with Crippen LogP contribution in [-0.2, 0) is 15.0 Å². The third kappa shape index (κ3) is 5.95. The van der Waals surface area contributed by atoms with Gasteiger partial charge in [0.15, 0.2) is 6.61 Å². The number of aryl methyl sites for hydroxylation is 1. The summed E-state index contributed by atoms with van der Waals surface area (Å²) < 4.78 is 45.4. The molecule has 0 aromatic heterocycles. The summed E-state index contributed by atoms with van der Waals surface area (Å²) in [6, 6.07) is 14.6. The minimum Gasteiger partial charge on any atom is -0.484 e. The Morgan fingerprint density at radius 2 is 1.64 bits per heavy atom. The van der Waals surface area contributed by atoms with Gasteiger partial charge in [0, 0.05) is 13.1 Å². The standard InChI is InChI=1S/C20H22FNO5S/c1-15-2-4-18(5-3-15)27-19-8-6-17(7-9-19)26-13-20(23)22-11-10-16(12-22)14-28(21,24)25/h2-9,16H,10-14H2,1H3. The third-order valence-corrected chi connectivity index (χ3v) is 5.39. The van der Waals surface area contributed by atoms with Crippen molar-refractivity contribution >= 4 is 16.1 Å². The molecule has 1 heterocycles. The van der Waals surface area contributed by atoms with Crippen LogP contribution in [0.5, 0.6) is 17.2 Å². The molecule has 2 aromatic carbocycles. The molecule has 0 radical (unpaired) electrons. The fourth-order valence-corrected chi connectivity index (χ4v) is 3.89. The minimum atomic E-state index is -4.52. The summed E-state index contributed by atoms with van der Waals surface area (Å²) in [6.45, 7) is 2.48. The Bertz CT molecular complexity index is 913. The summed E-state index contributed by atoms with van der Waals surface area (Å²) in [5.41, 5.74) is 1.15. The second kappa shape index (κ2) is 8.60. The van der Waals surface area contributed by atoms with Crippen LogP contribution >= 0.6 is 0 Å². The Hall–Kier alpha value is -2.61. The van der Waals surface area contributed by atoms with E-state index < -0.39 is 16.0 Å². The molecule has 2 aromatic rings. The summed E-state index contributed by atoms with van der Waals surface area (Å²) in [7, 11) is -4.52. The van der Waals surface area contributed by atoms with Crippen molar-refractivity contribution < 1.29 is 26.6 Å². The van der Waals surface area contributed by atoms with Crippen molar-refractivity contribution in [2.24, 2.45) is 5.92 Å². The first-order chi connectivity index (χ1) is 13.3. The molecule has 150 valence electrons. The van der Waals surface area contributed by atoms with Crippen molar-refractivity contribution in [2.75, 3.05) is 25.4 Å². The SMILES string of the molecule is Cc1ccc(Oc2ccc(OCC(=O)N3CCC(CS(=O)(=O)F)C3)cc2)cc1. The van der Waals surface area contributed by atoms with Crippen LogP contribution in [0.15, 0.2) is 48.5 Å². The Labute approximate surface area is 164 Å². The van der Waals surface area contributed by atoms with Gasteiger partial charge in [0.25, 0.3) is 5.91 Å². The number of ether oxygens (including phenoxy) is 2. The maximum absolute atomic E-state index is 12.8. The van der Waals surface area contributed by atoms with E-state index in [1.54, 1.807) is 24.3 Å². The molecule has 1 atom stereocenters. The zero-order valence-corrected chi connectivity index (χ0v) is 16.3. The first-order valence-electron chi connectivity index (χ1n) is 8.96. The number of likely N-dealkylation sites (tertiary alicyclic amines) is 1. The number of benzene rings is 2. The quantitative estimate of drug-likeness (QED) is 0.659. The van der Waals surface area contributed by atoms with Crippen LogP contribution in [0.25, 0.3) is 0 Å². The maximum Gasteiger partial charge on any atom is 0.302 e. The first kappa shape index (κ1) is 20.1. The van der Waals surface area contributed by atoms with Gasteiger partial charge in [0.1, 0.15) is 17.2 Å². The van der Waals surface area contributed by atoms with Crippen LogP contribution in [0.3, 0.4) is 0 Å². The Morgan fingerprint density at radius 3 is 2.25 bits per heavy atom. The van der Waals surface area contributed by atoms with Crippen molar-refractivity contribution in [1.82, 2.24) is 4.90 Å². The predicted molar refractivity (Wildman–Crippen MR) is 103 cm³/mol. The molecule has 8 heteroatoms. The van der Waals surface area contributed by atoms with Gasteiger partial charge in [0.2, 0.25) is 0 Å². The number of hydrogen-bond acceptors (Lipinski definition) is 5. The summed E-state index contributed by atoms with van der Waals surface area (Å²) in [5, 5.41) is 0. The van der Waals surface area contributed by atoms with Crippen LogP contribution in [0.2, 0.25) is 0 Å². The van der Waals surface area contributed by atoms with Crippen molar-refractivity contribution in [3.8, 4) is 17.2 Å². The third-order valence-electron chi connectivity index (χ3n) is 4.52. The van der Waals surface area contributed by atoms with Crippen LogP contribution in [0.4, 0.5) is 3.89 Å². The van der Waals surface area contributed by atoms with E-state index in [4.69, 9.17) is 9.47 Å². The Kier molecular flexibility index (Phi) is 6.18. The van der Waals surface area contributed by atoms with E-state index in [1.165, 1.54) is 4.90 Å². The lowest BCUT2D eigenvalue weighted by molar-refractivity contribution is -0.132. The number of hydrogen-bond donors (Lipinski definition) is 0. The largest absolute Gasteiger partial charge is 0.484 e. The molecule has 1 amide bonds. The number of nitrogens with zero attached hydrogens (tertiary/aromatic N) is 1. The van der Waals surface area contributed by atoms with Gasteiger partial charge in [-0.05, 0) is 55.7 Å². The molecule has 0 saturated carbocycles. The molecule has 0 N–H and O–H groups in total. The molecule has 0 aliphatic carbocycles. The Morgan fingerprint density at radius 1 is 1.07 bits per heavy atom. The van der Waals surface area contributed by atoms with Crippen molar-refractivity contribution in [2.45, 2.75) is 13.3 Å². The van der Waals surface area contributed by atoms with E-state index in [1.807, 2.05) is 31.2 Å². The highest BCUT2D eigenvalue weighted by atomic mass is 32.3. The van der Waals surface area contributed by atoms with Gasteiger partial charge >= 0.3 is 10.2 Å².